The lowest BCUT2D eigenvalue weighted by molar-refractivity contribution is -0.120. The molecule has 0 radical (unpaired) electrons. The molecule has 0 aromatic rings. The molecule has 1 atom stereocenters. The highest BCUT2D eigenvalue weighted by Gasteiger charge is 2.23. The molecule has 0 amide bonds. The van der Waals surface area contributed by atoms with Crippen LogP contribution in [0.1, 0.15) is 27.2 Å². The van der Waals surface area contributed by atoms with E-state index < -0.39 is 15.3 Å². The molecule has 0 spiro atoms. The lowest BCUT2D eigenvalue weighted by Crippen LogP contribution is -2.37. The first-order chi connectivity index (χ1) is 6.85. The Hall–Kier alpha value is -0.930. The first-order valence-electron chi connectivity index (χ1n) is 4.76. The van der Waals surface area contributed by atoms with Crippen LogP contribution in [0, 0.1) is 17.2 Å². The predicted molar refractivity (Wildman–Crippen MR) is 56.5 cm³/mol. The van der Waals surface area contributed by atoms with Crippen molar-refractivity contribution >= 4 is 15.8 Å². The van der Waals surface area contributed by atoms with Gasteiger partial charge in [0.25, 0.3) is 0 Å². The van der Waals surface area contributed by atoms with Crippen LogP contribution in [-0.4, -0.2) is 26.0 Å². The van der Waals surface area contributed by atoms with Crippen molar-refractivity contribution in [1.82, 2.24) is 4.72 Å². The molecule has 15 heavy (non-hydrogen) atoms. The normalized spacial score (nSPS) is 13.5. The monoisotopic (exact) mass is 232 g/mol. The first-order valence-corrected chi connectivity index (χ1v) is 6.30. The molecule has 0 saturated heterocycles. The quantitative estimate of drug-likeness (QED) is 0.719. The molecule has 1 unspecified atom stereocenters. The molecule has 0 heterocycles. The maximum atomic E-state index is 11.4. The summed E-state index contributed by atoms with van der Waals surface area (Å²) in [6, 6.07) is 1.68. The number of carbonyl (C=O) groups excluding carboxylic acids is 1. The number of Topliss-reactive ketones (excluding diaryl/α,β-unsaturated/α-hetero) is 1. The fourth-order valence-electron chi connectivity index (χ4n) is 0.857. The molecule has 0 aromatic heterocycles. The van der Waals surface area contributed by atoms with E-state index in [1.54, 1.807) is 26.8 Å². The van der Waals surface area contributed by atoms with Crippen molar-refractivity contribution in [3.63, 3.8) is 0 Å². The summed E-state index contributed by atoms with van der Waals surface area (Å²) in [4.78, 5) is 11.2. The van der Waals surface area contributed by atoms with E-state index in [1.807, 2.05) is 0 Å². The van der Waals surface area contributed by atoms with Crippen molar-refractivity contribution in [3.05, 3.63) is 0 Å². The summed E-state index contributed by atoms with van der Waals surface area (Å²) in [5.74, 6) is -0.402. The van der Waals surface area contributed by atoms with Crippen LogP contribution >= 0.6 is 0 Å². The second-order valence-electron chi connectivity index (χ2n) is 3.51. The van der Waals surface area contributed by atoms with E-state index >= 15 is 0 Å². The molecule has 0 aromatic carbocycles. The molecule has 1 N–H and O–H groups in total. The zero-order valence-corrected chi connectivity index (χ0v) is 9.97. The average molecular weight is 232 g/mol. The van der Waals surface area contributed by atoms with E-state index in [4.69, 9.17) is 5.26 Å². The summed E-state index contributed by atoms with van der Waals surface area (Å²) in [6.07, 6.45) is 0.210. The van der Waals surface area contributed by atoms with Crippen molar-refractivity contribution in [2.24, 2.45) is 5.92 Å². The molecule has 0 bridgehead atoms. The molecule has 0 rings (SSSR count). The topological polar surface area (TPSA) is 87.0 Å². The minimum absolute atomic E-state index is 0.189. The number of carbonyl (C=O) groups is 1. The fourth-order valence-corrected chi connectivity index (χ4v) is 1.98. The van der Waals surface area contributed by atoms with Crippen LogP contribution < -0.4 is 4.72 Å². The maximum Gasteiger partial charge on any atom is 0.228 e. The molecule has 0 fully saturated rings. The highest BCUT2D eigenvalue weighted by atomic mass is 32.2. The summed E-state index contributed by atoms with van der Waals surface area (Å²) in [5, 5.41) is 7.50. The molecule has 0 saturated carbocycles. The van der Waals surface area contributed by atoms with E-state index in [0.29, 0.717) is 0 Å². The second kappa shape index (κ2) is 5.83. The average Bonchev–Trinajstić information content (AvgIpc) is 2.15. The van der Waals surface area contributed by atoms with E-state index in [0.717, 1.165) is 0 Å². The number of hydrogen-bond donors (Lipinski definition) is 1. The molecule has 0 aliphatic heterocycles. The lowest BCUT2D eigenvalue weighted by atomic mass is 10.1. The zero-order valence-electron chi connectivity index (χ0n) is 9.15. The Morgan fingerprint density at radius 1 is 1.47 bits per heavy atom. The van der Waals surface area contributed by atoms with Gasteiger partial charge in [-0.15, -0.1) is 0 Å². The van der Waals surface area contributed by atoms with E-state index in [1.165, 1.54) is 0 Å². The van der Waals surface area contributed by atoms with Gasteiger partial charge in [-0.2, -0.15) is 5.26 Å². The van der Waals surface area contributed by atoms with Crippen LogP contribution in [0.2, 0.25) is 0 Å². The number of sulfonamides is 1. The highest BCUT2D eigenvalue weighted by molar-refractivity contribution is 7.90. The number of hydrogen-bond acceptors (Lipinski definition) is 4. The highest BCUT2D eigenvalue weighted by Crippen LogP contribution is 2.02. The van der Waals surface area contributed by atoms with Gasteiger partial charge in [0.2, 0.25) is 10.0 Å². The van der Waals surface area contributed by atoms with Crippen molar-refractivity contribution in [2.45, 2.75) is 32.4 Å². The van der Waals surface area contributed by atoms with Gasteiger partial charge in [-0.3, -0.25) is 4.79 Å². The third kappa shape index (κ3) is 4.40. The molecule has 5 nitrogen and oxygen atoms in total. The van der Waals surface area contributed by atoms with Gasteiger partial charge in [0.15, 0.2) is 5.25 Å². The molecular weight excluding hydrogens is 216 g/mol. The number of nitrogens with zero attached hydrogens (tertiary/aromatic N) is 1. The molecule has 0 aliphatic carbocycles. The Kier molecular flexibility index (Phi) is 5.47. The second-order valence-corrected chi connectivity index (χ2v) is 5.46. The molecule has 6 heteroatoms. The Balaban J connectivity index is 4.42. The Bertz CT molecular complexity index is 354. The van der Waals surface area contributed by atoms with Crippen LogP contribution in [0.25, 0.3) is 0 Å². The van der Waals surface area contributed by atoms with Gasteiger partial charge in [0.1, 0.15) is 5.78 Å². The fraction of sp³-hybridized carbons (Fsp3) is 0.778. The third-order valence-electron chi connectivity index (χ3n) is 1.98. The van der Waals surface area contributed by atoms with Crippen molar-refractivity contribution in [3.8, 4) is 6.07 Å². The van der Waals surface area contributed by atoms with Crippen molar-refractivity contribution in [1.29, 1.82) is 5.26 Å². The first kappa shape index (κ1) is 14.1. The SMILES string of the molecule is CCC(C#N)S(=O)(=O)NCC(=O)C(C)C. The molecular formula is C9H16N2O3S. The van der Waals surface area contributed by atoms with Crippen LogP contribution in [0.15, 0.2) is 0 Å². The van der Waals surface area contributed by atoms with Gasteiger partial charge in [0, 0.05) is 5.92 Å². The molecule has 0 aliphatic rings. The summed E-state index contributed by atoms with van der Waals surface area (Å²) < 4.78 is 25.0. The predicted octanol–water partition coefficient (Wildman–Crippen LogP) is 0.433. The third-order valence-corrected chi connectivity index (χ3v) is 3.72. The maximum absolute atomic E-state index is 11.4. The smallest absolute Gasteiger partial charge is 0.228 e. The largest absolute Gasteiger partial charge is 0.298 e. The minimum Gasteiger partial charge on any atom is -0.298 e. The number of ketones is 1. The van der Waals surface area contributed by atoms with Gasteiger partial charge >= 0.3 is 0 Å². The lowest BCUT2D eigenvalue weighted by Gasteiger charge is -2.10. The Labute approximate surface area is 90.5 Å². The van der Waals surface area contributed by atoms with E-state index in [9.17, 15) is 13.2 Å². The number of nitrogens with one attached hydrogen (secondary N) is 1. The number of nitriles is 1. The zero-order chi connectivity index (χ0) is 12.1. The van der Waals surface area contributed by atoms with Crippen LogP contribution in [-0.2, 0) is 14.8 Å². The van der Waals surface area contributed by atoms with Crippen LogP contribution in [0.4, 0.5) is 0 Å². The van der Waals surface area contributed by atoms with Crippen molar-refractivity contribution < 1.29 is 13.2 Å². The van der Waals surface area contributed by atoms with Gasteiger partial charge in [0.05, 0.1) is 12.6 Å². The molecule has 86 valence electrons. The van der Waals surface area contributed by atoms with Crippen molar-refractivity contribution in [2.75, 3.05) is 6.54 Å². The van der Waals surface area contributed by atoms with Crippen LogP contribution in [0.3, 0.4) is 0 Å². The summed E-state index contributed by atoms with van der Waals surface area (Å²) >= 11 is 0. The van der Waals surface area contributed by atoms with E-state index in [2.05, 4.69) is 4.72 Å². The Morgan fingerprint density at radius 3 is 2.33 bits per heavy atom. The standard InChI is InChI=1S/C9H16N2O3S/c1-4-8(5-10)15(13,14)11-6-9(12)7(2)3/h7-8,11H,4,6H2,1-3H3. The van der Waals surface area contributed by atoms with Gasteiger partial charge < -0.3 is 0 Å². The van der Waals surface area contributed by atoms with Gasteiger partial charge in [-0.25, -0.2) is 13.1 Å². The number of rotatable bonds is 6. The van der Waals surface area contributed by atoms with E-state index in [-0.39, 0.29) is 24.7 Å². The summed E-state index contributed by atoms with van der Waals surface area (Å²) in [6.45, 7) is 4.76. The van der Waals surface area contributed by atoms with Gasteiger partial charge in [-0.05, 0) is 6.42 Å². The van der Waals surface area contributed by atoms with Gasteiger partial charge in [-0.1, -0.05) is 20.8 Å². The van der Waals surface area contributed by atoms with Crippen LogP contribution in [0.5, 0.6) is 0 Å². The summed E-state index contributed by atoms with van der Waals surface area (Å²) in [5.41, 5.74) is 0. The minimum atomic E-state index is -3.68. The summed E-state index contributed by atoms with van der Waals surface area (Å²) in [7, 11) is -3.68. The Morgan fingerprint density at radius 2 is 2.00 bits per heavy atom.